The molecule has 0 bridgehead atoms. The maximum atomic E-state index is 5.16. The van der Waals surface area contributed by atoms with Crippen molar-refractivity contribution in [1.82, 2.24) is 10.2 Å². The lowest BCUT2D eigenvalue weighted by Gasteiger charge is -2.04. The summed E-state index contributed by atoms with van der Waals surface area (Å²) < 4.78 is 5.16. The second-order valence-electron chi connectivity index (χ2n) is 3.87. The van der Waals surface area contributed by atoms with Crippen LogP contribution in [0.2, 0.25) is 0 Å². The lowest BCUT2D eigenvalue weighted by atomic mass is 10.0. The van der Waals surface area contributed by atoms with E-state index in [-0.39, 0.29) is 0 Å². The molecular formula is C14H12N2O. The highest BCUT2D eigenvalue weighted by molar-refractivity contribution is 5.93. The highest BCUT2D eigenvalue weighted by atomic mass is 16.5. The van der Waals surface area contributed by atoms with Crippen molar-refractivity contribution in [3.8, 4) is 16.9 Å². The van der Waals surface area contributed by atoms with E-state index in [4.69, 9.17) is 4.74 Å². The van der Waals surface area contributed by atoms with E-state index < -0.39 is 0 Å². The minimum atomic E-state index is 0.866. The molecule has 3 nitrogen and oxygen atoms in total. The van der Waals surface area contributed by atoms with Gasteiger partial charge in [-0.05, 0) is 17.7 Å². The van der Waals surface area contributed by atoms with E-state index in [1.54, 1.807) is 7.11 Å². The third-order valence-corrected chi connectivity index (χ3v) is 2.88. The summed E-state index contributed by atoms with van der Waals surface area (Å²) in [4.78, 5) is 0. The maximum Gasteiger partial charge on any atom is 0.118 e. The van der Waals surface area contributed by atoms with Crippen LogP contribution in [0.1, 0.15) is 0 Å². The number of para-hydroxylation sites is 1. The van der Waals surface area contributed by atoms with Crippen molar-refractivity contribution >= 4 is 10.9 Å². The van der Waals surface area contributed by atoms with Crippen LogP contribution in [0, 0.1) is 0 Å². The zero-order valence-corrected chi connectivity index (χ0v) is 9.47. The Morgan fingerprint density at radius 1 is 1.06 bits per heavy atom. The van der Waals surface area contributed by atoms with Crippen LogP contribution in [0.15, 0.2) is 48.7 Å². The smallest absolute Gasteiger partial charge is 0.118 e. The van der Waals surface area contributed by atoms with Gasteiger partial charge in [-0.15, -0.1) is 0 Å². The molecule has 3 rings (SSSR count). The van der Waals surface area contributed by atoms with Crippen molar-refractivity contribution in [2.75, 3.05) is 7.11 Å². The molecule has 17 heavy (non-hydrogen) atoms. The van der Waals surface area contributed by atoms with Gasteiger partial charge in [0.2, 0.25) is 0 Å². The molecule has 0 saturated heterocycles. The van der Waals surface area contributed by atoms with E-state index in [1.165, 1.54) is 0 Å². The van der Waals surface area contributed by atoms with E-state index in [1.807, 2.05) is 30.5 Å². The molecular weight excluding hydrogens is 212 g/mol. The Hall–Kier alpha value is -2.29. The second kappa shape index (κ2) is 3.94. The first-order valence-electron chi connectivity index (χ1n) is 5.45. The molecule has 0 radical (unpaired) electrons. The van der Waals surface area contributed by atoms with Crippen molar-refractivity contribution in [3.05, 3.63) is 48.7 Å². The maximum absolute atomic E-state index is 5.16. The van der Waals surface area contributed by atoms with E-state index in [0.29, 0.717) is 0 Å². The molecule has 0 atom stereocenters. The lowest BCUT2D eigenvalue weighted by molar-refractivity contribution is 0.415. The zero-order chi connectivity index (χ0) is 11.7. The fourth-order valence-electron chi connectivity index (χ4n) is 1.98. The van der Waals surface area contributed by atoms with Crippen molar-refractivity contribution in [3.63, 3.8) is 0 Å². The minimum absolute atomic E-state index is 0.866. The number of benzene rings is 2. The number of aromatic amines is 1. The molecule has 1 aromatic heterocycles. The first-order chi connectivity index (χ1) is 8.38. The summed E-state index contributed by atoms with van der Waals surface area (Å²) in [7, 11) is 1.67. The number of nitrogens with zero attached hydrogens (tertiary/aromatic N) is 1. The van der Waals surface area contributed by atoms with Crippen molar-refractivity contribution in [2.45, 2.75) is 0 Å². The first kappa shape index (κ1) is 9.90. The van der Waals surface area contributed by atoms with Gasteiger partial charge in [0.15, 0.2) is 0 Å². The van der Waals surface area contributed by atoms with Gasteiger partial charge in [-0.25, -0.2) is 0 Å². The Kier molecular flexibility index (Phi) is 2.29. The molecule has 2 aromatic carbocycles. The monoisotopic (exact) mass is 224 g/mol. The third kappa shape index (κ3) is 1.65. The van der Waals surface area contributed by atoms with Gasteiger partial charge in [0.1, 0.15) is 5.75 Å². The number of nitrogens with one attached hydrogen (secondary N) is 1. The van der Waals surface area contributed by atoms with Gasteiger partial charge in [-0.3, -0.25) is 5.10 Å². The topological polar surface area (TPSA) is 37.9 Å². The van der Waals surface area contributed by atoms with Crippen LogP contribution in [-0.2, 0) is 0 Å². The highest BCUT2D eigenvalue weighted by Gasteiger charge is 2.04. The second-order valence-corrected chi connectivity index (χ2v) is 3.87. The Balaban J connectivity index is 2.16. The molecule has 1 N–H and O–H groups in total. The number of ether oxygens (including phenoxy) is 1. The molecule has 0 unspecified atom stereocenters. The van der Waals surface area contributed by atoms with Crippen LogP contribution in [0.25, 0.3) is 22.0 Å². The molecule has 3 aromatic rings. The molecule has 0 saturated carbocycles. The average Bonchev–Trinajstić information content (AvgIpc) is 2.87. The van der Waals surface area contributed by atoms with E-state index in [0.717, 1.165) is 27.8 Å². The van der Waals surface area contributed by atoms with E-state index >= 15 is 0 Å². The largest absolute Gasteiger partial charge is 0.497 e. The summed E-state index contributed by atoms with van der Waals surface area (Å²) in [6.07, 6.45) is 1.84. The molecule has 84 valence electrons. The zero-order valence-electron chi connectivity index (χ0n) is 9.47. The van der Waals surface area contributed by atoms with Gasteiger partial charge in [-0.1, -0.05) is 30.3 Å². The van der Waals surface area contributed by atoms with Crippen LogP contribution in [0.4, 0.5) is 0 Å². The number of fused-ring (bicyclic) bond motifs is 1. The number of rotatable bonds is 2. The van der Waals surface area contributed by atoms with Crippen LogP contribution in [0.3, 0.4) is 0 Å². The average molecular weight is 224 g/mol. The molecule has 0 amide bonds. The summed E-state index contributed by atoms with van der Waals surface area (Å²) >= 11 is 0. The lowest BCUT2D eigenvalue weighted by Crippen LogP contribution is -1.83. The third-order valence-electron chi connectivity index (χ3n) is 2.88. The molecule has 0 aliphatic carbocycles. The fourth-order valence-corrected chi connectivity index (χ4v) is 1.98. The predicted molar refractivity (Wildman–Crippen MR) is 68.1 cm³/mol. The van der Waals surface area contributed by atoms with Crippen LogP contribution in [0.5, 0.6) is 5.75 Å². The predicted octanol–water partition coefficient (Wildman–Crippen LogP) is 3.24. The summed E-state index contributed by atoms with van der Waals surface area (Å²) in [6, 6.07) is 14.2. The van der Waals surface area contributed by atoms with Crippen LogP contribution < -0.4 is 4.74 Å². The normalized spacial score (nSPS) is 10.6. The summed E-state index contributed by atoms with van der Waals surface area (Å²) in [5, 5.41) is 8.23. The summed E-state index contributed by atoms with van der Waals surface area (Å²) in [5.74, 6) is 0.866. The van der Waals surface area contributed by atoms with Crippen molar-refractivity contribution in [2.24, 2.45) is 0 Å². The number of hydrogen-bond donors (Lipinski definition) is 1. The molecule has 0 aliphatic heterocycles. The van der Waals surface area contributed by atoms with Gasteiger partial charge in [0, 0.05) is 10.9 Å². The summed E-state index contributed by atoms with van der Waals surface area (Å²) in [6.45, 7) is 0. The van der Waals surface area contributed by atoms with Gasteiger partial charge in [-0.2, -0.15) is 5.10 Å². The van der Waals surface area contributed by atoms with E-state index in [2.05, 4.69) is 28.4 Å². The molecule has 0 aliphatic rings. The fraction of sp³-hybridized carbons (Fsp3) is 0.0714. The van der Waals surface area contributed by atoms with Crippen LogP contribution in [-0.4, -0.2) is 17.3 Å². The van der Waals surface area contributed by atoms with Gasteiger partial charge in [0.25, 0.3) is 0 Å². The molecule has 0 spiro atoms. The number of aromatic nitrogens is 2. The number of methoxy groups -OCH3 is 1. The number of hydrogen-bond acceptors (Lipinski definition) is 2. The first-order valence-corrected chi connectivity index (χ1v) is 5.45. The van der Waals surface area contributed by atoms with E-state index in [9.17, 15) is 0 Å². The minimum Gasteiger partial charge on any atom is -0.497 e. The Bertz CT molecular complexity index is 641. The van der Waals surface area contributed by atoms with Gasteiger partial charge >= 0.3 is 0 Å². The Morgan fingerprint density at radius 2 is 1.88 bits per heavy atom. The summed E-state index contributed by atoms with van der Waals surface area (Å²) in [5.41, 5.74) is 3.38. The molecule has 3 heteroatoms. The van der Waals surface area contributed by atoms with Gasteiger partial charge < -0.3 is 4.74 Å². The highest BCUT2D eigenvalue weighted by Crippen LogP contribution is 2.28. The van der Waals surface area contributed by atoms with Crippen molar-refractivity contribution in [1.29, 1.82) is 0 Å². The molecule has 1 heterocycles. The standard InChI is InChI=1S/C14H12N2O/c1-17-12-7-5-10(6-8-12)13-4-2-3-11-9-15-16-14(11)13/h2-9H,1H3,(H,15,16). The SMILES string of the molecule is COc1ccc(-c2cccc3cn[nH]c23)cc1. The van der Waals surface area contributed by atoms with Crippen LogP contribution >= 0.6 is 0 Å². The Labute approximate surface area is 99.0 Å². The molecule has 0 fully saturated rings. The Morgan fingerprint density at radius 3 is 2.65 bits per heavy atom. The quantitative estimate of drug-likeness (QED) is 0.725. The van der Waals surface area contributed by atoms with Gasteiger partial charge in [0.05, 0.1) is 18.8 Å². The number of H-pyrrole nitrogens is 1. The van der Waals surface area contributed by atoms with Crippen molar-refractivity contribution < 1.29 is 4.74 Å².